The molecule has 3 heteroatoms. The molecule has 1 unspecified atom stereocenters. The molecule has 0 saturated carbocycles. The van der Waals surface area contributed by atoms with Crippen LogP contribution in [0.3, 0.4) is 0 Å². The highest BCUT2D eigenvalue weighted by atomic mass is 16.2. The molecule has 2 rings (SSSR count). The largest absolute Gasteiger partial charge is 0.327 e. The standard InChI is InChI=1S/C14H18N2O/c1-4-12-10(3)15-14(17)16-13(12)11-7-5-9(2)6-8-11/h5-8,13H,4H2,1-3H3,(H2,15,16,17). The van der Waals surface area contributed by atoms with Crippen LogP contribution in [-0.4, -0.2) is 6.03 Å². The van der Waals surface area contributed by atoms with Crippen LogP contribution in [0.25, 0.3) is 0 Å². The molecule has 0 fully saturated rings. The van der Waals surface area contributed by atoms with Crippen molar-refractivity contribution in [2.75, 3.05) is 0 Å². The van der Waals surface area contributed by atoms with Gasteiger partial charge in [0.15, 0.2) is 0 Å². The number of allylic oxidation sites excluding steroid dienone is 1. The molecule has 1 aromatic carbocycles. The van der Waals surface area contributed by atoms with E-state index in [9.17, 15) is 4.79 Å². The number of nitrogens with one attached hydrogen (secondary N) is 2. The molecular weight excluding hydrogens is 212 g/mol. The third kappa shape index (κ3) is 2.33. The van der Waals surface area contributed by atoms with Crippen LogP contribution in [0.1, 0.15) is 37.4 Å². The van der Waals surface area contributed by atoms with Crippen LogP contribution < -0.4 is 10.6 Å². The van der Waals surface area contributed by atoms with Gasteiger partial charge in [-0.25, -0.2) is 4.79 Å². The summed E-state index contributed by atoms with van der Waals surface area (Å²) in [5.41, 5.74) is 4.59. The van der Waals surface area contributed by atoms with E-state index >= 15 is 0 Å². The van der Waals surface area contributed by atoms with Gasteiger partial charge in [-0.05, 0) is 31.4 Å². The molecule has 1 heterocycles. The van der Waals surface area contributed by atoms with Gasteiger partial charge >= 0.3 is 6.03 Å². The van der Waals surface area contributed by atoms with Gasteiger partial charge in [-0.1, -0.05) is 36.8 Å². The number of rotatable bonds is 2. The molecule has 2 N–H and O–H groups in total. The molecule has 1 aliphatic rings. The molecule has 1 atom stereocenters. The number of urea groups is 1. The average molecular weight is 230 g/mol. The van der Waals surface area contributed by atoms with Crippen molar-refractivity contribution >= 4 is 6.03 Å². The first-order valence-corrected chi connectivity index (χ1v) is 5.95. The lowest BCUT2D eigenvalue weighted by Crippen LogP contribution is -2.43. The van der Waals surface area contributed by atoms with E-state index in [2.05, 4.69) is 48.7 Å². The summed E-state index contributed by atoms with van der Waals surface area (Å²) in [6.07, 6.45) is 0.928. The number of carbonyl (C=O) groups is 1. The van der Waals surface area contributed by atoms with E-state index in [0.717, 1.165) is 17.7 Å². The molecule has 0 radical (unpaired) electrons. The van der Waals surface area contributed by atoms with Crippen LogP contribution in [0.15, 0.2) is 35.5 Å². The number of hydrogen-bond acceptors (Lipinski definition) is 1. The Morgan fingerprint density at radius 1 is 1.18 bits per heavy atom. The van der Waals surface area contributed by atoms with Gasteiger partial charge in [-0.15, -0.1) is 0 Å². The van der Waals surface area contributed by atoms with Crippen molar-refractivity contribution in [3.63, 3.8) is 0 Å². The van der Waals surface area contributed by atoms with Crippen LogP contribution >= 0.6 is 0 Å². The van der Waals surface area contributed by atoms with Crippen LogP contribution in [-0.2, 0) is 0 Å². The second-order valence-electron chi connectivity index (χ2n) is 4.45. The average Bonchev–Trinajstić information content (AvgIpc) is 2.29. The SMILES string of the molecule is CCC1=C(C)NC(=O)NC1c1ccc(C)cc1. The van der Waals surface area contributed by atoms with E-state index in [-0.39, 0.29) is 12.1 Å². The Bertz CT molecular complexity index is 460. The summed E-state index contributed by atoms with van der Waals surface area (Å²) < 4.78 is 0. The molecule has 17 heavy (non-hydrogen) atoms. The van der Waals surface area contributed by atoms with Gasteiger partial charge in [-0.2, -0.15) is 0 Å². The Labute approximate surface area is 102 Å². The number of hydrogen-bond donors (Lipinski definition) is 2. The maximum absolute atomic E-state index is 11.5. The van der Waals surface area contributed by atoms with Crippen LogP contribution in [0.5, 0.6) is 0 Å². The quantitative estimate of drug-likeness (QED) is 0.805. The summed E-state index contributed by atoms with van der Waals surface area (Å²) >= 11 is 0. The van der Waals surface area contributed by atoms with Gasteiger partial charge in [0.1, 0.15) is 0 Å². The molecule has 0 aliphatic carbocycles. The molecule has 2 amide bonds. The summed E-state index contributed by atoms with van der Waals surface area (Å²) in [7, 11) is 0. The van der Waals surface area contributed by atoms with Gasteiger partial charge < -0.3 is 10.6 Å². The monoisotopic (exact) mass is 230 g/mol. The smallest absolute Gasteiger partial charge is 0.319 e. The van der Waals surface area contributed by atoms with Crippen LogP contribution in [0.4, 0.5) is 4.79 Å². The van der Waals surface area contributed by atoms with Gasteiger partial charge in [0.05, 0.1) is 6.04 Å². The predicted octanol–water partition coefficient (Wildman–Crippen LogP) is 3.03. The van der Waals surface area contributed by atoms with Gasteiger partial charge in [0.2, 0.25) is 0 Å². The highest BCUT2D eigenvalue weighted by Crippen LogP contribution is 2.28. The third-order valence-electron chi connectivity index (χ3n) is 3.20. The predicted molar refractivity (Wildman–Crippen MR) is 68.6 cm³/mol. The highest BCUT2D eigenvalue weighted by molar-refractivity contribution is 5.78. The van der Waals surface area contributed by atoms with Gasteiger partial charge in [0.25, 0.3) is 0 Å². The zero-order chi connectivity index (χ0) is 12.4. The Hall–Kier alpha value is -1.77. The lowest BCUT2D eigenvalue weighted by atomic mass is 9.93. The first-order valence-electron chi connectivity index (χ1n) is 5.95. The number of aryl methyl sites for hydroxylation is 1. The second-order valence-corrected chi connectivity index (χ2v) is 4.45. The molecule has 3 nitrogen and oxygen atoms in total. The molecule has 0 bridgehead atoms. The maximum atomic E-state index is 11.5. The summed E-state index contributed by atoms with van der Waals surface area (Å²) in [6.45, 7) is 6.13. The Balaban J connectivity index is 2.39. The molecule has 0 aromatic heterocycles. The van der Waals surface area contributed by atoms with E-state index in [1.54, 1.807) is 0 Å². The first-order chi connectivity index (χ1) is 8.11. The fourth-order valence-corrected chi connectivity index (χ4v) is 2.23. The van der Waals surface area contributed by atoms with Crippen molar-refractivity contribution in [1.82, 2.24) is 10.6 Å². The van der Waals surface area contributed by atoms with Crippen LogP contribution in [0.2, 0.25) is 0 Å². The highest BCUT2D eigenvalue weighted by Gasteiger charge is 2.24. The second kappa shape index (κ2) is 4.62. The Morgan fingerprint density at radius 3 is 2.41 bits per heavy atom. The van der Waals surface area contributed by atoms with Crippen LogP contribution in [0, 0.1) is 6.92 Å². The fourth-order valence-electron chi connectivity index (χ4n) is 2.23. The summed E-state index contributed by atoms with van der Waals surface area (Å²) in [4.78, 5) is 11.5. The molecule has 90 valence electrons. The topological polar surface area (TPSA) is 41.1 Å². The molecule has 0 spiro atoms. The minimum atomic E-state index is -0.120. The van der Waals surface area contributed by atoms with Crippen molar-refractivity contribution in [3.8, 4) is 0 Å². The van der Waals surface area contributed by atoms with Crippen molar-refractivity contribution in [3.05, 3.63) is 46.7 Å². The van der Waals surface area contributed by atoms with E-state index in [1.165, 1.54) is 11.1 Å². The minimum absolute atomic E-state index is 0.00866. The van der Waals surface area contributed by atoms with Crippen molar-refractivity contribution in [2.24, 2.45) is 0 Å². The molecule has 1 aromatic rings. The van der Waals surface area contributed by atoms with E-state index in [0.29, 0.717) is 0 Å². The van der Waals surface area contributed by atoms with E-state index in [4.69, 9.17) is 0 Å². The lowest BCUT2D eigenvalue weighted by molar-refractivity contribution is 0.238. The molecular formula is C14H18N2O. The molecule has 1 aliphatic heterocycles. The summed E-state index contributed by atoms with van der Waals surface area (Å²) in [5, 5.41) is 5.80. The zero-order valence-electron chi connectivity index (χ0n) is 10.5. The van der Waals surface area contributed by atoms with Gasteiger partial charge in [-0.3, -0.25) is 0 Å². The van der Waals surface area contributed by atoms with Crippen molar-refractivity contribution < 1.29 is 4.79 Å². The third-order valence-corrected chi connectivity index (χ3v) is 3.20. The van der Waals surface area contributed by atoms with Crippen molar-refractivity contribution in [2.45, 2.75) is 33.2 Å². The lowest BCUT2D eigenvalue weighted by Gasteiger charge is -2.29. The number of carbonyl (C=O) groups excluding carboxylic acids is 1. The number of amides is 2. The molecule has 0 saturated heterocycles. The Kier molecular flexibility index (Phi) is 3.18. The summed E-state index contributed by atoms with van der Waals surface area (Å²) in [6, 6.07) is 8.20. The number of benzene rings is 1. The van der Waals surface area contributed by atoms with E-state index in [1.807, 2.05) is 6.92 Å². The fraction of sp³-hybridized carbons (Fsp3) is 0.357. The minimum Gasteiger partial charge on any atom is -0.327 e. The summed E-state index contributed by atoms with van der Waals surface area (Å²) in [5.74, 6) is 0. The van der Waals surface area contributed by atoms with E-state index < -0.39 is 0 Å². The first kappa shape index (κ1) is 11.7. The maximum Gasteiger partial charge on any atom is 0.319 e. The normalized spacial score (nSPS) is 19.9. The van der Waals surface area contributed by atoms with Crippen molar-refractivity contribution in [1.29, 1.82) is 0 Å². The Morgan fingerprint density at radius 2 is 1.82 bits per heavy atom. The van der Waals surface area contributed by atoms with Gasteiger partial charge in [0, 0.05) is 5.70 Å². The zero-order valence-corrected chi connectivity index (χ0v) is 10.5.